The highest BCUT2D eigenvalue weighted by Crippen LogP contribution is 2.31. The Hall–Kier alpha value is -2.14. The Morgan fingerprint density at radius 2 is 2.10 bits per heavy atom. The smallest absolute Gasteiger partial charge is 0.335 e. The van der Waals surface area contributed by atoms with Crippen LogP contribution in [0.25, 0.3) is 0 Å². The summed E-state index contributed by atoms with van der Waals surface area (Å²) >= 11 is 1.53. The summed E-state index contributed by atoms with van der Waals surface area (Å²) in [5.74, 6) is -0.935. The standard InChI is InChI=1S/C16H15NO3S/c1-2-12-4-6-14(21-12)15(18)17-8-7-10-9-11(16(19)20)3-5-13(10)17/h3-6,9H,2,7-8H2,1H3,(H,19,20). The lowest BCUT2D eigenvalue weighted by Crippen LogP contribution is -2.28. The van der Waals surface area contributed by atoms with Crippen molar-refractivity contribution in [1.82, 2.24) is 0 Å². The summed E-state index contributed by atoms with van der Waals surface area (Å²) in [5, 5.41) is 9.02. The van der Waals surface area contributed by atoms with Crippen molar-refractivity contribution >= 4 is 28.9 Å². The minimum atomic E-state index is -0.937. The first kappa shape index (κ1) is 13.8. The maximum absolute atomic E-state index is 12.6. The summed E-state index contributed by atoms with van der Waals surface area (Å²) in [5.41, 5.74) is 2.03. The fourth-order valence-corrected chi connectivity index (χ4v) is 3.46. The molecule has 0 spiro atoms. The van der Waals surface area contributed by atoms with Crippen molar-refractivity contribution in [2.45, 2.75) is 19.8 Å². The predicted octanol–water partition coefficient (Wildman–Crippen LogP) is 3.21. The van der Waals surface area contributed by atoms with Crippen LogP contribution in [0.5, 0.6) is 0 Å². The van der Waals surface area contributed by atoms with E-state index in [0.29, 0.717) is 13.0 Å². The number of nitrogens with zero attached hydrogens (tertiary/aromatic N) is 1. The summed E-state index contributed by atoms with van der Waals surface area (Å²) in [6.07, 6.45) is 1.63. The summed E-state index contributed by atoms with van der Waals surface area (Å²) < 4.78 is 0. The molecule has 3 rings (SSSR count). The van der Waals surface area contributed by atoms with E-state index in [2.05, 4.69) is 6.92 Å². The minimum Gasteiger partial charge on any atom is -0.478 e. The predicted molar refractivity (Wildman–Crippen MR) is 82.5 cm³/mol. The number of aryl methyl sites for hydroxylation is 1. The van der Waals surface area contributed by atoms with E-state index < -0.39 is 5.97 Å². The zero-order valence-corrected chi connectivity index (χ0v) is 12.4. The van der Waals surface area contributed by atoms with Gasteiger partial charge in [0.25, 0.3) is 5.91 Å². The normalized spacial score (nSPS) is 13.3. The van der Waals surface area contributed by atoms with Crippen LogP contribution in [0.3, 0.4) is 0 Å². The van der Waals surface area contributed by atoms with Crippen LogP contribution >= 0.6 is 11.3 Å². The van der Waals surface area contributed by atoms with E-state index in [1.165, 1.54) is 16.2 Å². The number of hydrogen-bond acceptors (Lipinski definition) is 3. The molecule has 0 unspecified atom stereocenters. The summed E-state index contributed by atoms with van der Waals surface area (Å²) in [6, 6.07) is 8.81. The Kier molecular flexibility index (Phi) is 3.51. The van der Waals surface area contributed by atoms with Crippen molar-refractivity contribution in [3.8, 4) is 0 Å². The molecule has 5 heteroatoms. The van der Waals surface area contributed by atoms with Crippen LogP contribution in [0, 0.1) is 0 Å². The molecule has 0 saturated carbocycles. The van der Waals surface area contributed by atoms with Crippen LogP contribution in [-0.4, -0.2) is 23.5 Å². The second-order valence-electron chi connectivity index (χ2n) is 4.97. The van der Waals surface area contributed by atoms with Crippen LogP contribution in [0.15, 0.2) is 30.3 Å². The van der Waals surface area contributed by atoms with Crippen LogP contribution in [-0.2, 0) is 12.8 Å². The number of carbonyl (C=O) groups excluding carboxylic acids is 1. The molecule has 1 aromatic heterocycles. The molecule has 0 bridgehead atoms. The molecule has 21 heavy (non-hydrogen) atoms. The highest BCUT2D eigenvalue weighted by Gasteiger charge is 2.27. The molecule has 4 nitrogen and oxygen atoms in total. The number of amides is 1. The van der Waals surface area contributed by atoms with Gasteiger partial charge >= 0.3 is 5.97 Å². The molecule has 1 aromatic carbocycles. The topological polar surface area (TPSA) is 57.6 Å². The van der Waals surface area contributed by atoms with Gasteiger partial charge in [-0.1, -0.05) is 6.92 Å². The molecule has 108 valence electrons. The zero-order valence-electron chi connectivity index (χ0n) is 11.6. The number of carboxylic acids is 1. The van der Waals surface area contributed by atoms with Crippen molar-refractivity contribution in [2.75, 3.05) is 11.4 Å². The van der Waals surface area contributed by atoms with Gasteiger partial charge in [-0.2, -0.15) is 0 Å². The van der Waals surface area contributed by atoms with Gasteiger partial charge in [0.1, 0.15) is 0 Å². The van der Waals surface area contributed by atoms with Gasteiger partial charge in [-0.05, 0) is 48.7 Å². The fourth-order valence-electron chi connectivity index (χ4n) is 2.56. The second-order valence-corrected chi connectivity index (χ2v) is 6.14. The molecule has 0 atom stereocenters. The molecular weight excluding hydrogens is 286 g/mol. The molecule has 1 N–H and O–H groups in total. The highest BCUT2D eigenvalue weighted by atomic mass is 32.1. The van der Waals surface area contributed by atoms with Crippen LogP contribution in [0.1, 0.15) is 37.4 Å². The van der Waals surface area contributed by atoms with Gasteiger partial charge in [0.05, 0.1) is 10.4 Å². The highest BCUT2D eigenvalue weighted by molar-refractivity contribution is 7.14. The average Bonchev–Trinajstić information content (AvgIpc) is 3.12. The third kappa shape index (κ3) is 2.45. The van der Waals surface area contributed by atoms with Crippen molar-refractivity contribution in [3.05, 3.63) is 51.2 Å². The molecule has 0 saturated heterocycles. The van der Waals surface area contributed by atoms with Crippen molar-refractivity contribution in [1.29, 1.82) is 0 Å². The van der Waals surface area contributed by atoms with Crippen molar-refractivity contribution in [2.24, 2.45) is 0 Å². The van der Waals surface area contributed by atoms with E-state index >= 15 is 0 Å². The monoisotopic (exact) mass is 301 g/mol. The van der Waals surface area contributed by atoms with Crippen LogP contribution in [0.2, 0.25) is 0 Å². The zero-order chi connectivity index (χ0) is 15.0. The molecule has 1 amide bonds. The van der Waals surface area contributed by atoms with Gasteiger partial charge in [0.15, 0.2) is 0 Å². The number of aromatic carboxylic acids is 1. The van der Waals surface area contributed by atoms with Crippen LogP contribution < -0.4 is 4.90 Å². The van der Waals surface area contributed by atoms with Gasteiger partial charge < -0.3 is 10.0 Å². The summed E-state index contributed by atoms with van der Waals surface area (Å²) in [6.45, 7) is 2.68. The van der Waals surface area contributed by atoms with Gasteiger partial charge in [0, 0.05) is 17.1 Å². The van der Waals surface area contributed by atoms with Gasteiger partial charge in [-0.15, -0.1) is 11.3 Å². The largest absolute Gasteiger partial charge is 0.478 e. The number of anilines is 1. The van der Waals surface area contributed by atoms with E-state index in [0.717, 1.165) is 22.5 Å². The van der Waals surface area contributed by atoms with Gasteiger partial charge in [-0.3, -0.25) is 4.79 Å². The first-order valence-electron chi connectivity index (χ1n) is 6.87. The van der Waals surface area contributed by atoms with Gasteiger partial charge in [0.2, 0.25) is 0 Å². The number of carboxylic acid groups (broad SMARTS) is 1. The third-order valence-electron chi connectivity index (χ3n) is 3.69. The lowest BCUT2D eigenvalue weighted by molar-refractivity contribution is 0.0696. The maximum Gasteiger partial charge on any atom is 0.335 e. The molecule has 1 aliphatic rings. The Morgan fingerprint density at radius 3 is 2.76 bits per heavy atom. The number of carbonyl (C=O) groups is 2. The fraction of sp³-hybridized carbons (Fsp3) is 0.250. The molecule has 0 fully saturated rings. The number of hydrogen-bond donors (Lipinski definition) is 1. The molecule has 0 radical (unpaired) electrons. The number of thiophene rings is 1. The molecular formula is C16H15NO3S. The lowest BCUT2D eigenvalue weighted by atomic mass is 10.1. The molecule has 0 aliphatic carbocycles. The van der Waals surface area contributed by atoms with E-state index in [9.17, 15) is 9.59 Å². The Morgan fingerprint density at radius 1 is 1.29 bits per heavy atom. The van der Waals surface area contributed by atoms with E-state index in [4.69, 9.17) is 5.11 Å². The maximum atomic E-state index is 12.6. The lowest BCUT2D eigenvalue weighted by Gasteiger charge is -2.16. The Bertz CT molecular complexity index is 720. The molecule has 1 aliphatic heterocycles. The quantitative estimate of drug-likeness (QED) is 0.947. The molecule has 2 aromatic rings. The van der Waals surface area contributed by atoms with E-state index in [-0.39, 0.29) is 11.5 Å². The first-order chi connectivity index (χ1) is 10.1. The van der Waals surface area contributed by atoms with Crippen molar-refractivity contribution < 1.29 is 14.7 Å². The second kappa shape index (κ2) is 5.33. The van der Waals surface area contributed by atoms with Crippen molar-refractivity contribution in [3.63, 3.8) is 0 Å². The SMILES string of the molecule is CCc1ccc(C(=O)N2CCc3cc(C(=O)O)ccc32)s1. The van der Waals surface area contributed by atoms with Gasteiger partial charge in [-0.25, -0.2) is 4.79 Å². The Labute approximate surface area is 126 Å². The average molecular weight is 301 g/mol. The summed E-state index contributed by atoms with van der Waals surface area (Å²) in [4.78, 5) is 27.2. The third-order valence-corrected chi connectivity index (χ3v) is 4.91. The molecule has 2 heterocycles. The summed E-state index contributed by atoms with van der Waals surface area (Å²) in [7, 11) is 0. The number of benzene rings is 1. The number of rotatable bonds is 3. The Balaban J connectivity index is 1.90. The first-order valence-corrected chi connectivity index (χ1v) is 7.68. The van der Waals surface area contributed by atoms with E-state index in [1.807, 2.05) is 12.1 Å². The van der Waals surface area contributed by atoms with Crippen LogP contribution in [0.4, 0.5) is 5.69 Å². The number of fused-ring (bicyclic) bond motifs is 1. The van der Waals surface area contributed by atoms with E-state index in [1.54, 1.807) is 23.1 Å². The minimum absolute atomic E-state index is 0.00141.